The largest absolute Gasteiger partial charge is 0.488 e. The molecule has 36 heavy (non-hydrogen) atoms. The minimum Gasteiger partial charge on any atom is -0.488 e. The fourth-order valence-corrected chi connectivity index (χ4v) is 5.20. The third-order valence-electron chi connectivity index (χ3n) is 6.78. The van der Waals surface area contributed by atoms with Gasteiger partial charge in [-0.05, 0) is 32.4 Å². The van der Waals surface area contributed by atoms with Crippen LogP contribution in [0.1, 0.15) is 56.5 Å². The van der Waals surface area contributed by atoms with Crippen molar-refractivity contribution < 1.29 is 31.0 Å². The van der Waals surface area contributed by atoms with Gasteiger partial charge < -0.3 is 14.4 Å². The number of amides is 3. The van der Waals surface area contributed by atoms with E-state index in [0.717, 1.165) is 0 Å². The number of carbonyl (C=O) groups is 3. The van der Waals surface area contributed by atoms with E-state index >= 15 is 4.39 Å². The first-order valence-electron chi connectivity index (χ1n) is 13.1. The highest BCUT2D eigenvalue weighted by Crippen LogP contribution is 2.34. The number of halogens is 1. The minimum atomic E-state index is -2.54. The van der Waals surface area contributed by atoms with Gasteiger partial charge in [0.05, 0.1) is 21.5 Å². The molecule has 5 rings (SSSR count). The molecule has 3 heterocycles. The van der Waals surface area contributed by atoms with Crippen molar-refractivity contribution in [2.75, 3.05) is 13.1 Å². The highest BCUT2D eigenvalue weighted by molar-refractivity contribution is 6.05. The lowest BCUT2D eigenvalue weighted by Crippen LogP contribution is -2.52. The van der Waals surface area contributed by atoms with Crippen LogP contribution >= 0.6 is 0 Å². The molecule has 2 saturated heterocycles. The minimum absolute atomic E-state index is 0.0161. The lowest BCUT2D eigenvalue weighted by Gasteiger charge is -2.35. The predicted octanol–water partition coefficient (Wildman–Crippen LogP) is 2.77. The highest BCUT2D eigenvalue weighted by atomic mass is 19.1. The number of carbonyl (C=O) groups excluding carboxylic acids is 3. The van der Waals surface area contributed by atoms with E-state index in [4.69, 9.17) is 12.2 Å². The van der Waals surface area contributed by atoms with Gasteiger partial charge in [0.1, 0.15) is 24.2 Å². The number of hydrogen-bond acceptors (Lipinski definition) is 6. The summed E-state index contributed by atoms with van der Waals surface area (Å²) in [6.07, 6.45) is 0.366. The van der Waals surface area contributed by atoms with Crippen LogP contribution in [0.4, 0.5) is 4.39 Å². The average Bonchev–Trinajstić information content (AvgIpc) is 3.17. The summed E-state index contributed by atoms with van der Waals surface area (Å²) in [6, 6.07) is 8.45. The third-order valence-corrected chi connectivity index (χ3v) is 6.78. The predicted molar refractivity (Wildman–Crippen MR) is 129 cm³/mol. The quantitative estimate of drug-likeness (QED) is 0.618. The van der Waals surface area contributed by atoms with Crippen molar-refractivity contribution in [1.29, 1.82) is 0 Å². The lowest BCUT2D eigenvalue weighted by atomic mass is 10.0. The maximum Gasteiger partial charge on any atom is 0.255 e. The summed E-state index contributed by atoms with van der Waals surface area (Å²) in [7, 11) is 0. The summed E-state index contributed by atoms with van der Waals surface area (Å²) >= 11 is 0. The van der Waals surface area contributed by atoms with Gasteiger partial charge in [-0.2, -0.15) is 0 Å². The summed E-state index contributed by atoms with van der Waals surface area (Å²) in [5.74, 6) is -1.91. The van der Waals surface area contributed by atoms with Crippen LogP contribution in [0, 0.1) is 5.82 Å². The van der Waals surface area contributed by atoms with Gasteiger partial charge in [0.25, 0.3) is 5.91 Å². The van der Waals surface area contributed by atoms with E-state index < -0.39 is 30.2 Å². The van der Waals surface area contributed by atoms with Crippen molar-refractivity contribution in [1.82, 2.24) is 15.1 Å². The van der Waals surface area contributed by atoms with Crippen LogP contribution in [0.3, 0.4) is 0 Å². The van der Waals surface area contributed by atoms with Gasteiger partial charge in [-0.3, -0.25) is 24.6 Å². The fraction of sp³-hybridized carbons (Fsp3) is 0.444. The standard InChI is InChI=1S/C27H30FN3O5/c1-16-11-30(12-17(2)36-16)13-18-5-3-6-19(25(18)28)15-35-23-8-4-7-20-21(23)14-31(27(20)34)22-9-10-24(32)29-26(22)33/h3-8,16-17,22H,9-15H2,1-2H3,(H,29,32,33)/i15D2. The molecule has 3 atom stereocenters. The molecular formula is C27H30FN3O5. The van der Waals surface area contributed by atoms with Crippen molar-refractivity contribution in [3.8, 4) is 5.75 Å². The van der Waals surface area contributed by atoms with E-state index in [2.05, 4.69) is 10.2 Å². The number of ether oxygens (including phenoxy) is 2. The van der Waals surface area contributed by atoms with E-state index in [-0.39, 0.29) is 54.4 Å². The Kier molecular flexibility index (Phi) is 6.09. The molecule has 3 aliphatic rings. The summed E-state index contributed by atoms with van der Waals surface area (Å²) in [4.78, 5) is 40.4. The van der Waals surface area contributed by atoms with E-state index in [0.29, 0.717) is 30.8 Å². The Morgan fingerprint density at radius 3 is 2.58 bits per heavy atom. The zero-order chi connectivity index (χ0) is 27.2. The zero-order valence-corrected chi connectivity index (χ0v) is 20.3. The molecule has 0 aromatic heterocycles. The Morgan fingerprint density at radius 2 is 1.83 bits per heavy atom. The zero-order valence-electron chi connectivity index (χ0n) is 22.3. The number of rotatable bonds is 6. The second kappa shape index (κ2) is 9.99. The third kappa shape index (κ3) is 4.85. The smallest absolute Gasteiger partial charge is 0.255 e. The van der Waals surface area contributed by atoms with E-state index in [1.165, 1.54) is 17.0 Å². The molecule has 8 nitrogen and oxygen atoms in total. The van der Waals surface area contributed by atoms with Crippen LogP contribution < -0.4 is 10.1 Å². The molecule has 1 N–H and O–H groups in total. The van der Waals surface area contributed by atoms with Gasteiger partial charge in [0.2, 0.25) is 11.8 Å². The van der Waals surface area contributed by atoms with Gasteiger partial charge in [-0.1, -0.05) is 24.3 Å². The Hall–Kier alpha value is -3.30. The molecule has 190 valence electrons. The van der Waals surface area contributed by atoms with Crippen LogP contribution in [0.2, 0.25) is 0 Å². The molecule has 2 aromatic carbocycles. The molecule has 0 radical (unpaired) electrons. The van der Waals surface area contributed by atoms with Gasteiger partial charge >= 0.3 is 0 Å². The van der Waals surface area contributed by atoms with Crippen LogP contribution in [0.25, 0.3) is 0 Å². The molecule has 0 bridgehead atoms. The summed E-state index contributed by atoms with van der Waals surface area (Å²) in [5.41, 5.74) is 0.814. The van der Waals surface area contributed by atoms with Gasteiger partial charge in [0, 0.05) is 48.3 Å². The molecule has 3 amide bonds. The molecular weight excluding hydrogens is 465 g/mol. The van der Waals surface area contributed by atoms with Gasteiger partial charge in [-0.25, -0.2) is 4.39 Å². The second-order valence-electron chi connectivity index (χ2n) is 9.62. The molecule has 0 saturated carbocycles. The van der Waals surface area contributed by atoms with Crippen LogP contribution in [-0.4, -0.2) is 58.9 Å². The fourth-order valence-electron chi connectivity index (χ4n) is 5.20. The monoisotopic (exact) mass is 497 g/mol. The van der Waals surface area contributed by atoms with Gasteiger partial charge in [-0.15, -0.1) is 0 Å². The number of fused-ring (bicyclic) bond motifs is 1. The van der Waals surface area contributed by atoms with Crippen molar-refractivity contribution in [2.24, 2.45) is 0 Å². The first-order valence-corrected chi connectivity index (χ1v) is 12.1. The number of nitrogens with zero attached hydrogens (tertiary/aromatic N) is 2. The summed E-state index contributed by atoms with van der Waals surface area (Å²) < 4.78 is 44.3. The van der Waals surface area contributed by atoms with Crippen LogP contribution in [0.5, 0.6) is 5.75 Å². The molecule has 3 unspecified atom stereocenters. The number of piperidine rings is 1. The number of hydrogen-bond donors (Lipinski definition) is 1. The maximum absolute atomic E-state index is 15.6. The first kappa shape index (κ1) is 21.9. The van der Waals surface area contributed by atoms with Crippen molar-refractivity contribution >= 4 is 17.7 Å². The highest BCUT2D eigenvalue weighted by Gasteiger charge is 2.40. The second-order valence-corrected chi connectivity index (χ2v) is 9.62. The van der Waals surface area contributed by atoms with E-state index in [1.807, 2.05) is 13.8 Å². The lowest BCUT2D eigenvalue weighted by molar-refractivity contribution is -0.136. The average molecular weight is 498 g/mol. The van der Waals surface area contributed by atoms with Crippen LogP contribution in [-0.2, 0) is 34.0 Å². The maximum atomic E-state index is 15.6. The Bertz CT molecular complexity index is 1280. The summed E-state index contributed by atoms with van der Waals surface area (Å²) in [5, 5.41) is 2.26. The van der Waals surface area contributed by atoms with Crippen molar-refractivity contribution in [3.05, 3.63) is 64.5 Å². The molecule has 2 fully saturated rings. The van der Waals surface area contributed by atoms with E-state index in [9.17, 15) is 14.4 Å². The molecule has 0 aliphatic carbocycles. The molecule has 9 heteroatoms. The number of benzene rings is 2. The van der Waals surface area contributed by atoms with Crippen molar-refractivity contribution in [3.63, 3.8) is 0 Å². The normalized spacial score (nSPS) is 25.8. The summed E-state index contributed by atoms with van der Waals surface area (Å²) in [6.45, 7) is 3.01. The topological polar surface area (TPSA) is 88.2 Å². The molecule has 2 aromatic rings. The van der Waals surface area contributed by atoms with Gasteiger partial charge in [0.15, 0.2) is 0 Å². The Balaban J connectivity index is 1.37. The van der Waals surface area contributed by atoms with E-state index in [1.54, 1.807) is 24.3 Å². The Labute approximate surface area is 212 Å². The number of imide groups is 1. The number of morpholine rings is 1. The number of nitrogens with one attached hydrogen (secondary N) is 1. The molecule has 0 spiro atoms. The Morgan fingerprint density at radius 1 is 1.11 bits per heavy atom. The SMILES string of the molecule is [2H]C([2H])(Oc1cccc2c1CN(C1CCC(=O)NC1=O)C2=O)c1cccc(CN2CC(C)OC(C)C2)c1F. The first-order chi connectivity index (χ1) is 18.0. The van der Waals surface area contributed by atoms with Crippen molar-refractivity contribution in [2.45, 2.75) is 64.6 Å². The van der Waals surface area contributed by atoms with Crippen LogP contribution in [0.15, 0.2) is 36.4 Å². The molecule has 3 aliphatic heterocycles.